The van der Waals surface area contributed by atoms with Crippen molar-refractivity contribution in [3.8, 4) is 51.4 Å². The maximum atomic E-state index is 15.6. The van der Waals surface area contributed by atoms with E-state index in [1.165, 1.54) is 12.4 Å². The van der Waals surface area contributed by atoms with Gasteiger partial charge < -0.3 is 14.0 Å². The van der Waals surface area contributed by atoms with Crippen molar-refractivity contribution in [1.29, 1.82) is 0 Å². The number of methoxy groups -OCH3 is 1. The summed E-state index contributed by atoms with van der Waals surface area (Å²) in [6, 6.07) is 8.50. The van der Waals surface area contributed by atoms with Gasteiger partial charge in [-0.2, -0.15) is 0 Å². The van der Waals surface area contributed by atoms with Crippen molar-refractivity contribution < 1.29 is 13.9 Å². The summed E-state index contributed by atoms with van der Waals surface area (Å²) in [5, 5.41) is 0.933. The molecule has 0 radical (unpaired) electrons. The Morgan fingerprint density at radius 1 is 0.977 bits per heavy atom. The molecule has 0 unspecified atom stereocenters. The molecule has 0 amide bonds. The van der Waals surface area contributed by atoms with Crippen molar-refractivity contribution >= 4 is 19.1 Å². The number of aromatic nitrogens is 6. The van der Waals surface area contributed by atoms with E-state index in [-0.39, 0.29) is 16.8 Å². The molecule has 10 heteroatoms. The molecule has 5 aromatic rings. The minimum absolute atomic E-state index is 0.0213. The van der Waals surface area contributed by atoms with E-state index in [0.717, 1.165) is 33.6 Å². The van der Waals surface area contributed by atoms with E-state index in [9.17, 15) is 0 Å². The summed E-state index contributed by atoms with van der Waals surface area (Å²) in [5.41, 5.74) is 9.21. The standard InChI is InChI=1S/C33H35FN6O2Si/c1-20-12-14-35-32(39-20)42-26-11-10-22(16-25(26)34)29-28-21(2)37-19-38-31(28)40(6)30(29)24-18-36-23(17-27(24)41-7)13-15-43(8,9)33(3,4)5/h10-12,14,16-19H,1-9H3. The highest BCUT2D eigenvalue weighted by molar-refractivity contribution is 6.87. The molecule has 0 saturated heterocycles. The third-order valence-electron chi connectivity index (χ3n) is 8.07. The van der Waals surface area contributed by atoms with Gasteiger partial charge in [0, 0.05) is 42.2 Å². The summed E-state index contributed by atoms with van der Waals surface area (Å²) in [6.45, 7) is 15.0. The number of hydrogen-bond acceptors (Lipinski definition) is 7. The first-order valence-corrected chi connectivity index (χ1v) is 17.0. The SMILES string of the molecule is COc1cc(C#C[Si](C)(C)C(C)(C)C)ncc1-c1c(-c2ccc(Oc3nccc(C)n3)c(F)c2)c2c(C)ncnc2n1C. The van der Waals surface area contributed by atoms with Crippen LogP contribution in [0.5, 0.6) is 17.5 Å². The van der Waals surface area contributed by atoms with Gasteiger partial charge in [-0.15, -0.1) is 5.54 Å². The Bertz CT molecular complexity index is 1920. The van der Waals surface area contributed by atoms with E-state index >= 15 is 4.39 Å². The van der Waals surface area contributed by atoms with Gasteiger partial charge in [0.1, 0.15) is 31.5 Å². The lowest BCUT2D eigenvalue weighted by molar-refractivity contribution is 0.410. The van der Waals surface area contributed by atoms with E-state index in [1.807, 2.05) is 31.5 Å². The molecular formula is C33H35FN6O2Si. The lowest BCUT2D eigenvalue weighted by Crippen LogP contribution is -2.35. The van der Waals surface area contributed by atoms with Gasteiger partial charge in [-0.05, 0) is 42.6 Å². The summed E-state index contributed by atoms with van der Waals surface area (Å²) in [6.07, 6.45) is 4.86. The number of fused-ring (bicyclic) bond motifs is 1. The van der Waals surface area contributed by atoms with E-state index in [4.69, 9.17) is 14.5 Å². The van der Waals surface area contributed by atoms with Crippen LogP contribution in [-0.2, 0) is 7.05 Å². The van der Waals surface area contributed by atoms with Crippen molar-refractivity contribution in [1.82, 2.24) is 29.5 Å². The van der Waals surface area contributed by atoms with Crippen molar-refractivity contribution in [2.45, 2.75) is 52.8 Å². The van der Waals surface area contributed by atoms with Gasteiger partial charge in [0.15, 0.2) is 11.6 Å². The zero-order valence-corrected chi connectivity index (χ0v) is 27.0. The van der Waals surface area contributed by atoms with Crippen LogP contribution in [-0.4, -0.2) is 44.7 Å². The Morgan fingerprint density at radius 2 is 1.74 bits per heavy atom. The molecule has 0 aliphatic heterocycles. The van der Waals surface area contributed by atoms with E-state index in [0.29, 0.717) is 22.7 Å². The van der Waals surface area contributed by atoms with Crippen LogP contribution in [0.3, 0.4) is 0 Å². The topological polar surface area (TPSA) is 87.8 Å². The number of hydrogen-bond donors (Lipinski definition) is 0. The summed E-state index contributed by atoms with van der Waals surface area (Å²) >= 11 is 0. The normalized spacial score (nSPS) is 11.8. The molecule has 220 valence electrons. The van der Waals surface area contributed by atoms with Crippen LogP contribution in [0.4, 0.5) is 4.39 Å². The molecular weight excluding hydrogens is 559 g/mol. The van der Waals surface area contributed by atoms with Gasteiger partial charge in [-0.3, -0.25) is 0 Å². The highest BCUT2D eigenvalue weighted by Crippen LogP contribution is 2.44. The molecule has 0 atom stereocenters. The van der Waals surface area contributed by atoms with Crippen molar-refractivity contribution in [3.63, 3.8) is 0 Å². The number of halogens is 1. The predicted molar refractivity (Wildman–Crippen MR) is 169 cm³/mol. The van der Waals surface area contributed by atoms with Gasteiger partial charge in [0.05, 0.1) is 24.1 Å². The Hall–Kier alpha value is -4.62. The highest BCUT2D eigenvalue weighted by atomic mass is 28.3. The van der Waals surface area contributed by atoms with Crippen LogP contribution in [0.2, 0.25) is 18.1 Å². The Kier molecular flexibility index (Phi) is 7.79. The van der Waals surface area contributed by atoms with Gasteiger partial charge in [0.2, 0.25) is 0 Å². The maximum absolute atomic E-state index is 15.6. The molecule has 8 nitrogen and oxygen atoms in total. The number of ether oxygens (including phenoxy) is 2. The molecule has 0 spiro atoms. The van der Waals surface area contributed by atoms with E-state index < -0.39 is 13.9 Å². The molecule has 0 bridgehead atoms. The average Bonchev–Trinajstić information content (AvgIpc) is 3.25. The summed E-state index contributed by atoms with van der Waals surface area (Å²) in [5.74, 6) is 3.36. The van der Waals surface area contributed by atoms with Crippen LogP contribution in [0, 0.1) is 31.1 Å². The number of pyridine rings is 1. The monoisotopic (exact) mass is 594 g/mol. The second kappa shape index (κ2) is 11.2. The van der Waals surface area contributed by atoms with Crippen molar-refractivity contribution in [2.75, 3.05) is 7.11 Å². The first kappa shape index (κ1) is 29.9. The largest absolute Gasteiger partial charge is 0.496 e. The fourth-order valence-corrected chi connectivity index (χ4v) is 5.38. The molecule has 4 heterocycles. The first-order valence-electron chi connectivity index (χ1n) is 14.0. The Morgan fingerprint density at radius 3 is 2.42 bits per heavy atom. The lowest BCUT2D eigenvalue weighted by Gasteiger charge is -2.31. The minimum atomic E-state index is -1.84. The minimum Gasteiger partial charge on any atom is -0.496 e. The summed E-state index contributed by atoms with van der Waals surface area (Å²) in [7, 11) is 1.70. The van der Waals surface area contributed by atoms with Gasteiger partial charge >= 0.3 is 6.01 Å². The number of aryl methyl sites for hydroxylation is 3. The van der Waals surface area contributed by atoms with Gasteiger partial charge in [-0.1, -0.05) is 45.9 Å². The van der Waals surface area contributed by atoms with Crippen LogP contribution in [0.15, 0.2) is 49.1 Å². The molecule has 43 heavy (non-hydrogen) atoms. The second-order valence-electron chi connectivity index (χ2n) is 12.1. The smallest absolute Gasteiger partial charge is 0.322 e. The van der Waals surface area contributed by atoms with E-state index in [2.05, 4.69) is 65.3 Å². The number of benzene rings is 1. The second-order valence-corrected chi connectivity index (χ2v) is 17.1. The quantitative estimate of drug-likeness (QED) is 0.154. The van der Waals surface area contributed by atoms with Crippen molar-refractivity contribution in [2.24, 2.45) is 7.05 Å². The maximum Gasteiger partial charge on any atom is 0.322 e. The summed E-state index contributed by atoms with van der Waals surface area (Å²) in [4.78, 5) is 22.0. The van der Waals surface area contributed by atoms with Gasteiger partial charge in [-0.25, -0.2) is 29.3 Å². The number of rotatable bonds is 5. The molecule has 0 fully saturated rings. The molecule has 4 aromatic heterocycles. The summed E-state index contributed by atoms with van der Waals surface area (Å²) < 4.78 is 29.1. The average molecular weight is 595 g/mol. The van der Waals surface area contributed by atoms with Crippen molar-refractivity contribution in [3.05, 3.63) is 72.0 Å². The highest BCUT2D eigenvalue weighted by Gasteiger charge is 2.33. The molecule has 5 rings (SSSR count). The predicted octanol–water partition coefficient (Wildman–Crippen LogP) is 7.44. The van der Waals surface area contributed by atoms with Crippen LogP contribution in [0.25, 0.3) is 33.4 Å². The molecule has 0 N–H and O–H groups in total. The van der Waals surface area contributed by atoms with Crippen LogP contribution >= 0.6 is 0 Å². The lowest BCUT2D eigenvalue weighted by atomic mass is 9.98. The zero-order chi connectivity index (χ0) is 31.1. The third-order valence-corrected chi connectivity index (χ3v) is 12.6. The first-order chi connectivity index (χ1) is 20.3. The van der Waals surface area contributed by atoms with E-state index in [1.54, 1.807) is 37.7 Å². The molecule has 0 saturated carbocycles. The fraction of sp³-hybridized carbons (Fsp3) is 0.303. The molecule has 0 aliphatic carbocycles. The Labute approximate surface area is 252 Å². The number of nitrogens with zero attached hydrogens (tertiary/aromatic N) is 6. The Balaban J connectivity index is 1.66. The van der Waals surface area contributed by atoms with Crippen LogP contribution < -0.4 is 9.47 Å². The molecule has 1 aromatic carbocycles. The third kappa shape index (κ3) is 5.73. The molecule has 0 aliphatic rings. The van der Waals surface area contributed by atoms with Crippen LogP contribution in [0.1, 0.15) is 37.9 Å². The van der Waals surface area contributed by atoms with Gasteiger partial charge in [0.25, 0.3) is 0 Å². The zero-order valence-electron chi connectivity index (χ0n) is 26.0. The fourth-order valence-electron chi connectivity index (χ4n) is 4.57.